The van der Waals surface area contributed by atoms with Gasteiger partial charge in [-0.1, -0.05) is 24.6 Å². The molecule has 2 unspecified atom stereocenters. The highest BCUT2D eigenvalue weighted by atomic mass is 16.2. The molecule has 1 aromatic carbocycles. The third-order valence-corrected chi connectivity index (χ3v) is 4.25. The maximum Gasteiger partial charge on any atom is 0.272 e. The lowest BCUT2D eigenvalue weighted by Crippen LogP contribution is -2.40. The van der Waals surface area contributed by atoms with Crippen LogP contribution in [0.25, 0.3) is 10.9 Å². The van der Waals surface area contributed by atoms with Crippen LogP contribution in [0.4, 0.5) is 0 Å². The van der Waals surface area contributed by atoms with Crippen molar-refractivity contribution in [1.29, 1.82) is 0 Å². The second kappa shape index (κ2) is 5.25. The van der Waals surface area contributed by atoms with Crippen LogP contribution in [-0.2, 0) is 7.05 Å². The van der Waals surface area contributed by atoms with E-state index in [1.165, 1.54) is 0 Å². The van der Waals surface area contributed by atoms with Gasteiger partial charge in [0.15, 0.2) is 5.69 Å². The molecule has 1 aromatic heterocycles. The minimum Gasteiger partial charge on any atom is -0.348 e. The van der Waals surface area contributed by atoms with Crippen LogP contribution in [0.2, 0.25) is 0 Å². The Bertz CT molecular complexity index is 634. The molecule has 3 rings (SSSR count). The van der Waals surface area contributed by atoms with Crippen LogP contribution in [0, 0.1) is 5.92 Å². The molecule has 2 aromatic rings. The van der Waals surface area contributed by atoms with Gasteiger partial charge in [0.2, 0.25) is 0 Å². The fourth-order valence-electron chi connectivity index (χ4n) is 3.13. The first-order valence-corrected chi connectivity index (χ1v) is 7.13. The van der Waals surface area contributed by atoms with Crippen LogP contribution >= 0.6 is 0 Å². The van der Waals surface area contributed by atoms with Crippen molar-refractivity contribution in [3.63, 3.8) is 0 Å². The summed E-state index contributed by atoms with van der Waals surface area (Å²) in [5.41, 5.74) is 7.24. The fraction of sp³-hybridized carbons (Fsp3) is 0.467. The van der Waals surface area contributed by atoms with Gasteiger partial charge in [-0.05, 0) is 31.4 Å². The molecule has 0 saturated heterocycles. The molecule has 0 aliphatic heterocycles. The fourth-order valence-corrected chi connectivity index (χ4v) is 3.13. The number of nitrogens with two attached hydrogens (primary N) is 1. The average molecular weight is 272 g/mol. The van der Waals surface area contributed by atoms with Crippen molar-refractivity contribution in [1.82, 2.24) is 15.1 Å². The predicted molar refractivity (Wildman–Crippen MR) is 78.4 cm³/mol. The van der Waals surface area contributed by atoms with E-state index in [0.29, 0.717) is 18.2 Å². The first kappa shape index (κ1) is 13.1. The van der Waals surface area contributed by atoms with Crippen LogP contribution < -0.4 is 11.1 Å². The smallest absolute Gasteiger partial charge is 0.272 e. The summed E-state index contributed by atoms with van der Waals surface area (Å²) in [6, 6.07) is 7.98. The van der Waals surface area contributed by atoms with Gasteiger partial charge in [-0.15, -0.1) is 0 Å². The summed E-state index contributed by atoms with van der Waals surface area (Å²) < 4.78 is 1.75. The number of carbonyl (C=O) groups excluding carboxylic acids is 1. The minimum atomic E-state index is -0.0906. The molecule has 1 aliphatic rings. The average Bonchev–Trinajstić information content (AvgIpc) is 3.04. The summed E-state index contributed by atoms with van der Waals surface area (Å²) in [7, 11) is 1.86. The van der Waals surface area contributed by atoms with E-state index < -0.39 is 0 Å². The molecule has 106 valence electrons. The third kappa shape index (κ3) is 2.18. The predicted octanol–water partition coefficient (Wildman–Crippen LogP) is 1.43. The van der Waals surface area contributed by atoms with Gasteiger partial charge < -0.3 is 11.1 Å². The van der Waals surface area contributed by atoms with Gasteiger partial charge in [-0.25, -0.2) is 0 Å². The number of carbonyl (C=O) groups is 1. The second-order valence-electron chi connectivity index (χ2n) is 5.50. The number of aryl methyl sites for hydroxylation is 1. The van der Waals surface area contributed by atoms with Gasteiger partial charge in [-0.2, -0.15) is 5.10 Å². The van der Waals surface area contributed by atoms with Crippen LogP contribution in [0.5, 0.6) is 0 Å². The lowest BCUT2D eigenvalue weighted by molar-refractivity contribution is 0.0924. The number of hydrogen-bond acceptors (Lipinski definition) is 3. The van der Waals surface area contributed by atoms with Gasteiger partial charge in [-0.3, -0.25) is 9.48 Å². The topological polar surface area (TPSA) is 72.9 Å². The minimum absolute atomic E-state index is 0.0906. The number of hydrogen-bond donors (Lipinski definition) is 2. The number of rotatable bonds is 3. The van der Waals surface area contributed by atoms with E-state index in [0.717, 1.165) is 30.2 Å². The Kier molecular flexibility index (Phi) is 3.44. The second-order valence-corrected chi connectivity index (χ2v) is 5.50. The summed E-state index contributed by atoms with van der Waals surface area (Å²) in [5.74, 6) is 0.307. The first-order chi connectivity index (χ1) is 9.70. The van der Waals surface area contributed by atoms with Gasteiger partial charge in [0.05, 0.1) is 5.52 Å². The van der Waals surface area contributed by atoms with Crippen molar-refractivity contribution >= 4 is 16.8 Å². The van der Waals surface area contributed by atoms with Crippen LogP contribution in [0.15, 0.2) is 24.3 Å². The van der Waals surface area contributed by atoms with Crippen LogP contribution in [0.1, 0.15) is 29.8 Å². The Labute approximate surface area is 118 Å². The molecule has 0 spiro atoms. The van der Waals surface area contributed by atoms with Gasteiger partial charge >= 0.3 is 0 Å². The molecule has 5 heteroatoms. The largest absolute Gasteiger partial charge is 0.348 e. The summed E-state index contributed by atoms with van der Waals surface area (Å²) in [5, 5.41) is 8.36. The van der Waals surface area contributed by atoms with Crippen molar-refractivity contribution in [2.75, 3.05) is 6.54 Å². The van der Waals surface area contributed by atoms with E-state index >= 15 is 0 Å². The Morgan fingerprint density at radius 1 is 1.45 bits per heavy atom. The Hall–Kier alpha value is -1.88. The van der Waals surface area contributed by atoms with E-state index in [-0.39, 0.29) is 11.9 Å². The lowest BCUT2D eigenvalue weighted by Gasteiger charge is -2.18. The number of aromatic nitrogens is 2. The zero-order valence-electron chi connectivity index (χ0n) is 11.7. The Morgan fingerprint density at radius 3 is 3.05 bits per heavy atom. The molecule has 1 aliphatic carbocycles. The molecule has 0 radical (unpaired) electrons. The molecule has 0 bridgehead atoms. The van der Waals surface area contributed by atoms with E-state index in [2.05, 4.69) is 10.4 Å². The van der Waals surface area contributed by atoms with Crippen LogP contribution in [-0.4, -0.2) is 28.3 Å². The van der Waals surface area contributed by atoms with Crippen LogP contribution in [0.3, 0.4) is 0 Å². The number of para-hydroxylation sites is 1. The number of nitrogens with zero attached hydrogens (tertiary/aromatic N) is 2. The van der Waals surface area contributed by atoms with Crippen molar-refractivity contribution in [3.8, 4) is 0 Å². The number of amides is 1. The molecule has 1 amide bonds. The summed E-state index contributed by atoms with van der Waals surface area (Å²) in [6.07, 6.45) is 3.25. The van der Waals surface area contributed by atoms with Gasteiger partial charge in [0.1, 0.15) is 0 Å². The van der Waals surface area contributed by atoms with Crippen molar-refractivity contribution in [2.24, 2.45) is 18.7 Å². The number of nitrogens with one attached hydrogen (secondary N) is 1. The molecule has 3 N–H and O–H groups in total. The monoisotopic (exact) mass is 272 g/mol. The van der Waals surface area contributed by atoms with E-state index in [9.17, 15) is 4.79 Å². The molecule has 5 nitrogen and oxygen atoms in total. The molecule has 1 heterocycles. The molecule has 2 atom stereocenters. The Morgan fingerprint density at radius 2 is 2.25 bits per heavy atom. The SMILES string of the molecule is Cn1nc(C(=O)NC2CCCC2CN)c2ccccc21. The highest BCUT2D eigenvalue weighted by Gasteiger charge is 2.28. The van der Waals surface area contributed by atoms with Gasteiger partial charge in [0, 0.05) is 18.5 Å². The van der Waals surface area contributed by atoms with Crippen molar-refractivity contribution in [2.45, 2.75) is 25.3 Å². The van der Waals surface area contributed by atoms with Gasteiger partial charge in [0.25, 0.3) is 5.91 Å². The maximum absolute atomic E-state index is 12.5. The zero-order valence-corrected chi connectivity index (χ0v) is 11.7. The molecule has 1 saturated carbocycles. The highest BCUT2D eigenvalue weighted by molar-refractivity contribution is 6.04. The van der Waals surface area contributed by atoms with Crippen molar-refractivity contribution < 1.29 is 4.79 Å². The standard InChI is InChI=1S/C15H20N4O/c1-19-13-8-3-2-6-11(13)14(18-19)15(20)17-12-7-4-5-10(12)9-16/h2-3,6,8,10,12H,4-5,7,9,16H2,1H3,(H,17,20). The maximum atomic E-state index is 12.5. The van der Waals surface area contributed by atoms with E-state index in [4.69, 9.17) is 5.73 Å². The molecular formula is C15H20N4O. The zero-order chi connectivity index (χ0) is 14.1. The highest BCUT2D eigenvalue weighted by Crippen LogP contribution is 2.25. The lowest BCUT2D eigenvalue weighted by atomic mass is 10.0. The summed E-state index contributed by atoms with van der Waals surface area (Å²) in [6.45, 7) is 0.633. The molecule has 20 heavy (non-hydrogen) atoms. The molecular weight excluding hydrogens is 252 g/mol. The van der Waals surface area contributed by atoms with E-state index in [1.54, 1.807) is 4.68 Å². The Balaban J connectivity index is 1.86. The normalized spacial score (nSPS) is 22.3. The summed E-state index contributed by atoms with van der Waals surface area (Å²) in [4.78, 5) is 12.5. The quantitative estimate of drug-likeness (QED) is 0.887. The summed E-state index contributed by atoms with van der Waals surface area (Å²) >= 11 is 0. The third-order valence-electron chi connectivity index (χ3n) is 4.25. The number of fused-ring (bicyclic) bond motifs is 1. The van der Waals surface area contributed by atoms with E-state index in [1.807, 2.05) is 31.3 Å². The number of benzene rings is 1. The molecule has 1 fully saturated rings. The first-order valence-electron chi connectivity index (χ1n) is 7.13. The van der Waals surface area contributed by atoms with Crippen molar-refractivity contribution in [3.05, 3.63) is 30.0 Å².